The predicted molar refractivity (Wildman–Crippen MR) is 134 cm³/mol. The number of rotatable bonds is 4. The molecule has 0 atom stereocenters. The van der Waals surface area contributed by atoms with Gasteiger partial charge in [-0.25, -0.2) is 0 Å². The number of hydrogen-bond donors (Lipinski definition) is 1. The normalized spacial score (nSPS) is 11.1. The van der Waals surface area contributed by atoms with Crippen LogP contribution in [0.3, 0.4) is 0 Å². The van der Waals surface area contributed by atoms with Crippen molar-refractivity contribution in [1.82, 2.24) is 0 Å². The van der Waals surface area contributed by atoms with Crippen LogP contribution in [0.25, 0.3) is 44.2 Å². The van der Waals surface area contributed by atoms with E-state index in [1.807, 2.05) is 36.4 Å². The Bertz CT molecular complexity index is 1530. The molecule has 0 aliphatic rings. The van der Waals surface area contributed by atoms with Crippen molar-refractivity contribution < 1.29 is 4.42 Å². The Labute approximate surface area is 186 Å². The van der Waals surface area contributed by atoms with E-state index in [-0.39, 0.29) is 0 Å². The summed E-state index contributed by atoms with van der Waals surface area (Å²) in [5.41, 5.74) is 8.72. The highest BCUT2D eigenvalue weighted by Gasteiger charge is 2.11. The van der Waals surface area contributed by atoms with Gasteiger partial charge in [0.1, 0.15) is 11.2 Å². The molecule has 1 N–H and O–H groups in total. The van der Waals surface area contributed by atoms with E-state index in [2.05, 4.69) is 90.2 Å². The SMILES string of the molecule is c1ccc(-c2ccc(-c3cccc(Nc4cccc5oc6ccccc6c45)c3)cc2)cc1. The molecule has 0 saturated carbocycles. The Morgan fingerprint density at radius 2 is 1.09 bits per heavy atom. The van der Waals surface area contributed by atoms with Gasteiger partial charge < -0.3 is 9.73 Å². The molecule has 6 rings (SSSR count). The van der Waals surface area contributed by atoms with Gasteiger partial charge in [-0.15, -0.1) is 0 Å². The Morgan fingerprint density at radius 1 is 0.469 bits per heavy atom. The molecule has 0 radical (unpaired) electrons. The van der Waals surface area contributed by atoms with E-state index >= 15 is 0 Å². The van der Waals surface area contributed by atoms with E-state index in [1.165, 1.54) is 22.3 Å². The average molecular weight is 412 g/mol. The maximum absolute atomic E-state index is 6.03. The maximum atomic E-state index is 6.03. The zero-order valence-electron chi connectivity index (χ0n) is 17.5. The molecule has 0 fully saturated rings. The number of hydrogen-bond acceptors (Lipinski definition) is 2. The van der Waals surface area contributed by atoms with Gasteiger partial charge >= 0.3 is 0 Å². The van der Waals surface area contributed by atoms with Crippen molar-refractivity contribution >= 4 is 33.3 Å². The van der Waals surface area contributed by atoms with Gasteiger partial charge in [-0.2, -0.15) is 0 Å². The molecule has 32 heavy (non-hydrogen) atoms. The second kappa shape index (κ2) is 7.75. The summed E-state index contributed by atoms with van der Waals surface area (Å²) in [6.45, 7) is 0. The number of anilines is 2. The van der Waals surface area contributed by atoms with Crippen LogP contribution in [-0.2, 0) is 0 Å². The van der Waals surface area contributed by atoms with Crippen LogP contribution in [0.5, 0.6) is 0 Å². The third kappa shape index (κ3) is 3.32. The summed E-state index contributed by atoms with van der Waals surface area (Å²) in [4.78, 5) is 0. The highest BCUT2D eigenvalue weighted by molar-refractivity contribution is 6.12. The van der Waals surface area contributed by atoms with E-state index in [0.29, 0.717) is 0 Å². The number of fused-ring (bicyclic) bond motifs is 3. The van der Waals surface area contributed by atoms with Gasteiger partial charge in [0, 0.05) is 11.1 Å². The topological polar surface area (TPSA) is 25.2 Å². The van der Waals surface area contributed by atoms with E-state index in [9.17, 15) is 0 Å². The number of nitrogens with one attached hydrogen (secondary N) is 1. The van der Waals surface area contributed by atoms with Crippen LogP contribution in [0.1, 0.15) is 0 Å². The first kappa shape index (κ1) is 18.5. The first-order valence-corrected chi connectivity index (χ1v) is 10.8. The first-order valence-electron chi connectivity index (χ1n) is 10.8. The molecule has 0 bridgehead atoms. The fourth-order valence-corrected chi connectivity index (χ4v) is 4.30. The summed E-state index contributed by atoms with van der Waals surface area (Å²) in [5, 5.41) is 5.85. The standard InChI is InChI=1S/C30H21NO/c1-2-8-21(9-3-1)22-16-18-23(19-17-22)24-10-6-11-25(20-24)31-27-13-7-15-29-30(27)26-12-4-5-14-28(26)32-29/h1-20,31H. The van der Waals surface area contributed by atoms with Gasteiger partial charge in [-0.3, -0.25) is 0 Å². The van der Waals surface area contributed by atoms with Crippen molar-refractivity contribution in [2.75, 3.05) is 5.32 Å². The van der Waals surface area contributed by atoms with E-state index in [4.69, 9.17) is 4.42 Å². The monoisotopic (exact) mass is 411 g/mol. The molecule has 0 aliphatic carbocycles. The molecule has 2 nitrogen and oxygen atoms in total. The summed E-state index contributed by atoms with van der Waals surface area (Å²) >= 11 is 0. The molecule has 6 aromatic rings. The second-order valence-corrected chi connectivity index (χ2v) is 7.93. The lowest BCUT2D eigenvalue weighted by molar-refractivity contribution is 0.669. The van der Waals surface area contributed by atoms with Crippen molar-refractivity contribution in [3.63, 3.8) is 0 Å². The third-order valence-electron chi connectivity index (χ3n) is 5.87. The summed E-state index contributed by atoms with van der Waals surface area (Å²) < 4.78 is 6.03. The van der Waals surface area contributed by atoms with Crippen molar-refractivity contribution in [3.05, 3.63) is 121 Å². The van der Waals surface area contributed by atoms with Crippen LogP contribution in [-0.4, -0.2) is 0 Å². The highest BCUT2D eigenvalue weighted by Crippen LogP contribution is 2.36. The van der Waals surface area contributed by atoms with Crippen LogP contribution in [0.2, 0.25) is 0 Å². The van der Waals surface area contributed by atoms with Crippen molar-refractivity contribution in [2.24, 2.45) is 0 Å². The van der Waals surface area contributed by atoms with Gasteiger partial charge in [0.2, 0.25) is 0 Å². The molecule has 2 heteroatoms. The minimum atomic E-state index is 0.892. The smallest absolute Gasteiger partial charge is 0.137 e. The van der Waals surface area contributed by atoms with E-state index < -0.39 is 0 Å². The fourth-order valence-electron chi connectivity index (χ4n) is 4.30. The second-order valence-electron chi connectivity index (χ2n) is 7.93. The summed E-state index contributed by atoms with van der Waals surface area (Å²) in [5.74, 6) is 0. The molecule has 1 aromatic heterocycles. The van der Waals surface area contributed by atoms with E-state index in [1.54, 1.807) is 0 Å². The Morgan fingerprint density at radius 3 is 1.94 bits per heavy atom. The lowest BCUT2D eigenvalue weighted by atomic mass is 10.00. The van der Waals surface area contributed by atoms with Crippen LogP contribution >= 0.6 is 0 Å². The molecule has 0 aliphatic heterocycles. The van der Waals surface area contributed by atoms with Crippen LogP contribution in [0.15, 0.2) is 126 Å². The Balaban J connectivity index is 1.34. The van der Waals surface area contributed by atoms with Gasteiger partial charge in [0.15, 0.2) is 0 Å². The van der Waals surface area contributed by atoms with Crippen molar-refractivity contribution in [2.45, 2.75) is 0 Å². The van der Waals surface area contributed by atoms with Crippen molar-refractivity contribution in [1.29, 1.82) is 0 Å². The molecule has 0 unspecified atom stereocenters. The van der Waals surface area contributed by atoms with Gasteiger partial charge in [0.25, 0.3) is 0 Å². The number of benzene rings is 5. The van der Waals surface area contributed by atoms with Gasteiger partial charge in [-0.1, -0.05) is 91.0 Å². The van der Waals surface area contributed by atoms with E-state index in [0.717, 1.165) is 33.3 Å². The van der Waals surface area contributed by atoms with Crippen LogP contribution < -0.4 is 5.32 Å². The molecule has 0 saturated heterocycles. The van der Waals surface area contributed by atoms with Crippen LogP contribution in [0, 0.1) is 0 Å². The van der Waals surface area contributed by atoms with Gasteiger partial charge in [0.05, 0.1) is 11.1 Å². The fraction of sp³-hybridized carbons (Fsp3) is 0. The average Bonchev–Trinajstić information content (AvgIpc) is 3.25. The molecule has 0 amide bonds. The molecular weight excluding hydrogens is 390 g/mol. The predicted octanol–water partition coefficient (Wildman–Crippen LogP) is 8.66. The zero-order chi connectivity index (χ0) is 21.3. The highest BCUT2D eigenvalue weighted by atomic mass is 16.3. The summed E-state index contributed by atoms with van der Waals surface area (Å²) in [6, 6.07) is 42.1. The molecule has 152 valence electrons. The maximum Gasteiger partial charge on any atom is 0.137 e. The largest absolute Gasteiger partial charge is 0.456 e. The third-order valence-corrected chi connectivity index (χ3v) is 5.87. The Kier molecular flexibility index (Phi) is 4.47. The lowest BCUT2D eigenvalue weighted by Gasteiger charge is -2.10. The minimum absolute atomic E-state index is 0.892. The Hall–Kier alpha value is -4.30. The molecule has 0 spiro atoms. The van der Waals surface area contributed by atoms with Crippen LogP contribution in [0.4, 0.5) is 11.4 Å². The lowest BCUT2D eigenvalue weighted by Crippen LogP contribution is -1.91. The molecular formula is C30H21NO. The number of para-hydroxylation sites is 1. The zero-order valence-corrected chi connectivity index (χ0v) is 17.5. The quantitative estimate of drug-likeness (QED) is 0.314. The molecule has 5 aromatic carbocycles. The molecule has 1 heterocycles. The van der Waals surface area contributed by atoms with Crippen molar-refractivity contribution in [3.8, 4) is 22.3 Å². The van der Waals surface area contributed by atoms with Gasteiger partial charge in [-0.05, 0) is 52.6 Å². The summed E-state index contributed by atoms with van der Waals surface area (Å²) in [7, 11) is 0. The first-order chi connectivity index (χ1) is 15.8. The number of furan rings is 1. The minimum Gasteiger partial charge on any atom is -0.456 e. The summed E-state index contributed by atoms with van der Waals surface area (Å²) in [6.07, 6.45) is 0.